The molecular weight excluding hydrogens is 428 g/mol. The van der Waals surface area contributed by atoms with Gasteiger partial charge in [-0.05, 0) is 36.3 Å². The van der Waals surface area contributed by atoms with Gasteiger partial charge in [-0.15, -0.1) is 17.5 Å². The van der Waals surface area contributed by atoms with Crippen LogP contribution in [-0.2, 0) is 13.5 Å². The molecule has 1 aromatic carbocycles. The van der Waals surface area contributed by atoms with Gasteiger partial charge in [-0.1, -0.05) is 16.7 Å². The number of anilines is 1. The Morgan fingerprint density at radius 3 is 2.52 bits per heavy atom. The summed E-state index contributed by atoms with van der Waals surface area (Å²) in [5.74, 6) is -1.90. The highest BCUT2D eigenvalue weighted by molar-refractivity contribution is 5.97. The molecule has 8 nitrogen and oxygen atoms in total. The van der Waals surface area contributed by atoms with Gasteiger partial charge < -0.3 is 4.90 Å². The van der Waals surface area contributed by atoms with Crippen molar-refractivity contribution in [2.75, 3.05) is 18.0 Å². The van der Waals surface area contributed by atoms with Crippen molar-refractivity contribution in [3.05, 3.63) is 64.8 Å². The summed E-state index contributed by atoms with van der Waals surface area (Å²) in [6, 6.07) is 3.33. The highest BCUT2D eigenvalue weighted by Gasteiger charge is 2.23. The van der Waals surface area contributed by atoms with Gasteiger partial charge in [-0.2, -0.15) is 4.80 Å². The number of Topliss-reactive ketones (excluding diaryl/α,β-unsaturated/α-hetero) is 1. The van der Waals surface area contributed by atoms with E-state index in [1.54, 1.807) is 13.2 Å². The number of aromatic nitrogens is 6. The Morgan fingerprint density at radius 2 is 1.90 bits per heavy atom. The second-order valence-corrected chi connectivity index (χ2v) is 7.10. The Morgan fingerprint density at radius 1 is 1.16 bits per heavy atom. The van der Waals surface area contributed by atoms with Crippen molar-refractivity contribution in [2.45, 2.75) is 19.8 Å². The minimum Gasteiger partial charge on any atom is -0.333 e. The number of carbonyl (C=O) groups excluding carboxylic acids is 1. The molecule has 0 spiro atoms. The molecule has 0 saturated carbocycles. The number of rotatable bonds is 5. The van der Waals surface area contributed by atoms with Gasteiger partial charge in [0.15, 0.2) is 5.78 Å². The standard InChI is InChI=1S/C20H19F2N7O.ClH/c1-12-6-7-29(20-25-27-28(2)26-20)11-14(12)17-10-23-13(9-24-17)8-18(30)19-15(21)4-3-5-16(19)22;/h3-5,9-10H,6-8,11H2,1-2H3;1H. The molecule has 0 bridgehead atoms. The van der Waals surface area contributed by atoms with E-state index in [2.05, 4.69) is 25.4 Å². The first-order valence-corrected chi connectivity index (χ1v) is 9.38. The number of aryl methyl sites for hydroxylation is 1. The van der Waals surface area contributed by atoms with Gasteiger partial charge in [0.05, 0.1) is 36.6 Å². The number of hydrogen-bond acceptors (Lipinski definition) is 7. The van der Waals surface area contributed by atoms with Gasteiger partial charge in [0.2, 0.25) is 0 Å². The molecule has 11 heteroatoms. The fourth-order valence-electron chi connectivity index (χ4n) is 3.35. The Labute approximate surface area is 183 Å². The molecule has 31 heavy (non-hydrogen) atoms. The maximum absolute atomic E-state index is 13.8. The van der Waals surface area contributed by atoms with Gasteiger partial charge in [0.25, 0.3) is 5.95 Å². The highest BCUT2D eigenvalue weighted by Crippen LogP contribution is 2.26. The van der Waals surface area contributed by atoms with Crippen LogP contribution in [0.25, 0.3) is 5.57 Å². The van der Waals surface area contributed by atoms with Crippen LogP contribution in [0, 0.1) is 11.6 Å². The van der Waals surface area contributed by atoms with Crippen molar-refractivity contribution < 1.29 is 13.6 Å². The van der Waals surface area contributed by atoms with E-state index in [1.165, 1.54) is 22.6 Å². The van der Waals surface area contributed by atoms with Crippen molar-refractivity contribution in [1.29, 1.82) is 0 Å². The lowest BCUT2D eigenvalue weighted by Gasteiger charge is -2.28. The summed E-state index contributed by atoms with van der Waals surface area (Å²) in [5, 5.41) is 12.2. The lowest BCUT2D eigenvalue weighted by molar-refractivity contribution is 0.0983. The molecule has 3 aromatic rings. The van der Waals surface area contributed by atoms with Crippen molar-refractivity contribution in [3.8, 4) is 0 Å². The van der Waals surface area contributed by atoms with Crippen LogP contribution in [0.15, 0.2) is 36.2 Å². The Hall–Kier alpha value is -3.27. The summed E-state index contributed by atoms with van der Waals surface area (Å²) < 4.78 is 27.6. The maximum atomic E-state index is 13.8. The van der Waals surface area contributed by atoms with Crippen molar-refractivity contribution in [2.24, 2.45) is 7.05 Å². The van der Waals surface area contributed by atoms with Gasteiger partial charge in [-0.25, -0.2) is 8.78 Å². The van der Waals surface area contributed by atoms with Crippen LogP contribution in [0.1, 0.15) is 35.1 Å². The lowest BCUT2D eigenvalue weighted by Crippen LogP contribution is -2.32. The molecule has 4 rings (SSSR count). The van der Waals surface area contributed by atoms with E-state index in [0.29, 0.717) is 23.9 Å². The monoisotopic (exact) mass is 447 g/mol. The van der Waals surface area contributed by atoms with Gasteiger partial charge in [0, 0.05) is 19.3 Å². The van der Waals surface area contributed by atoms with Crippen molar-refractivity contribution in [1.82, 2.24) is 30.2 Å². The van der Waals surface area contributed by atoms with Crippen molar-refractivity contribution >= 4 is 29.7 Å². The quantitative estimate of drug-likeness (QED) is 0.555. The molecule has 0 saturated heterocycles. The fraction of sp³-hybridized carbons (Fsp3) is 0.300. The zero-order valence-corrected chi connectivity index (χ0v) is 17.7. The Kier molecular flexibility index (Phi) is 6.69. The molecule has 0 radical (unpaired) electrons. The number of halogens is 3. The first-order chi connectivity index (χ1) is 14.4. The normalized spacial score (nSPS) is 13.9. The third-order valence-electron chi connectivity index (χ3n) is 5.00. The van der Waals surface area contributed by atoms with Crippen LogP contribution in [0.3, 0.4) is 0 Å². The lowest BCUT2D eigenvalue weighted by atomic mass is 9.99. The second-order valence-electron chi connectivity index (χ2n) is 7.10. The average molecular weight is 448 g/mol. The van der Waals surface area contributed by atoms with E-state index in [1.807, 2.05) is 11.8 Å². The number of hydrogen-bond donors (Lipinski definition) is 0. The van der Waals surface area contributed by atoms with Gasteiger partial charge in [0.1, 0.15) is 11.6 Å². The van der Waals surface area contributed by atoms with E-state index >= 15 is 0 Å². The third-order valence-corrected chi connectivity index (χ3v) is 5.00. The average Bonchev–Trinajstić information content (AvgIpc) is 3.15. The third kappa shape index (κ3) is 4.74. The van der Waals surface area contributed by atoms with Crippen LogP contribution in [0.4, 0.5) is 14.7 Å². The minimum absolute atomic E-state index is 0. The summed E-state index contributed by atoms with van der Waals surface area (Å²) in [5.41, 5.74) is 2.64. The summed E-state index contributed by atoms with van der Waals surface area (Å²) in [4.78, 5) is 24.4. The molecule has 0 aliphatic carbocycles. The molecule has 0 N–H and O–H groups in total. The van der Waals surface area contributed by atoms with Gasteiger partial charge in [-0.3, -0.25) is 14.8 Å². The molecule has 0 amide bonds. The predicted octanol–water partition coefficient (Wildman–Crippen LogP) is 2.81. The van der Waals surface area contributed by atoms with E-state index in [4.69, 9.17) is 0 Å². The van der Waals surface area contributed by atoms with Crippen molar-refractivity contribution in [3.63, 3.8) is 0 Å². The first-order valence-electron chi connectivity index (χ1n) is 9.38. The highest BCUT2D eigenvalue weighted by atomic mass is 35.5. The molecule has 0 fully saturated rings. The SMILES string of the molecule is CC1=C(c2cnc(CC(=O)c3c(F)cccc3F)cn2)CN(c2nnn(C)n2)CC1.Cl. The number of benzene rings is 1. The maximum Gasteiger partial charge on any atom is 0.266 e. The number of carbonyl (C=O) groups is 1. The molecular formula is C20H20ClF2N7O. The molecule has 1 aliphatic rings. The largest absolute Gasteiger partial charge is 0.333 e. The Bertz CT molecular complexity index is 1110. The predicted molar refractivity (Wildman–Crippen MR) is 112 cm³/mol. The van der Waals surface area contributed by atoms with E-state index in [-0.39, 0.29) is 18.8 Å². The molecule has 162 valence electrons. The van der Waals surface area contributed by atoms with E-state index < -0.39 is 23.0 Å². The van der Waals surface area contributed by atoms with Crippen LogP contribution in [-0.4, -0.2) is 49.0 Å². The molecule has 0 atom stereocenters. The number of ketones is 1. The Balaban J connectivity index is 0.00000272. The van der Waals surface area contributed by atoms with Gasteiger partial charge >= 0.3 is 0 Å². The van der Waals surface area contributed by atoms with Crippen LogP contribution < -0.4 is 4.90 Å². The zero-order chi connectivity index (χ0) is 21.3. The second kappa shape index (κ2) is 9.25. The zero-order valence-electron chi connectivity index (χ0n) is 16.9. The smallest absolute Gasteiger partial charge is 0.266 e. The minimum atomic E-state index is -0.884. The van der Waals surface area contributed by atoms with Crippen LogP contribution in [0.5, 0.6) is 0 Å². The van der Waals surface area contributed by atoms with E-state index in [9.17, 15) is 13.6 Å². The van der Waals surface area contributed by atoms with E-state index in [0.717, 1.165) is 30.7 Å². The number of tetrazole rings is 1. The summed E-state index contributed by atoms with van der Waals surface area (Å²) in [6.45, 7) is 3.37. The molecule has 1 aliphatic heterocycles. The molecule has 2 aromatic heterocycles. The number of nitrogens with zero attached hydrogens (tertiary/aromatic N) is 7. The molecule has 0 unspecified atom stereocenters. The van der Waals surface area contributed by atoms with Crippen LogP contribution >= 0.6 is 12.4 Å². The topological polar surface area (TPSA) is 89.7 Å². The summed E-state index contributed by atoms with van der Waals surface area (Å²) in [7, 11) is 1.71. The summed E-state index contributed by atoms with van der Waals surface area (Å²) in [6.07, 6.45) is 3.62. The summed E-state index contributed by atoms with van der Waals surface area (Å²) >= 11 is 0. The molecule has 3 heterocycles. The first kappa shape index (κ1) is 22.4. The van der Waals surface area contributed by atoms with Crippen LogP contribution in [0.2, 0.25) is 0 Å². The fourth-order valence-corrected chi connectivity index (χ4v) is 3.35.